The van der Waals surface area contributed by atoms with Gasteiger partial charge in [-0.1, -0.05) is 19.3 Å². The lowest BCUT2D eigenvalue weighted by atomic mass is 9.84. The van der Waals surface area contributed by atoms with Crippen molar-refractivity contribution < 1.29 is 4.79 Å². The molecule has 0 saturated heterocycles. The first-order valence-electron chi connectivity index (χ1n) is 5.47. The molecule has 2 rings (SSSR count). The normalized spacial score (nSPS) is 30.1. The van der Waals surface area contributed by atoms with Crippen LogP contribution in [0.25, 0.3) is 0 Å². The molecule has 0 bridgehead atoms. The van der Waals surface area contributed by atoms with Crippen molar-refractivity contribution in [3.05, 3.63) is 0 Å². The van der Waals surface area contributed by atoms with Gasteiger partial charge in [0.1, 0.15) is 0 Å². The van der Waals surface area contributed by atoms with Gasteiger partial charge >= 0.3 is 0 Å². The Bertz CT molecular complexity index is 206. The van der Waals surface area contributed by atoms with Crippen LogP contribution < -0.4 is 5.32 Å². The smallest absolute Gasteiger partial charge is 0.216 e. The Morgan fingerprint density at radius 1 is 1.38 bits per heavy atom. The summed E-state index contributed by atoms with van der Waals surface area (Å²) in [5.74, 6) is 0.926. The molecule has 13 heavy (non-hydrogen) atoms. The summed E-state index contributed by atoms with van der Waals surface area (Å²) in [5, 5.41) is 2.94. The molecule has 1 N–H and O–H groups in total. The summed E-state index contributed by atoms with van der Waals surface area (Å²) in [6, 6.07) is 0. The number of carbonyl (C=O) groups is 1. The van der Waals surface area contributed by atoms with Crippen LogP contribution in [0.2, 0.25) is 0 Å². The predicted molar refractivity (Wildman–Crippen MR) is 52.3 cm³/mol. The molecule has 0 aromatic carbocycles. The molecule has 0 aromatic heterocycles. The maximum Gasteiger partial charge on any atom is 0.216 e. The summed E-state index contributed by atoms with van der Waals surface area (Å²) in [6.45, 7) is 2.53. The average molecular weight is 181 g/mol. The van der Waals surface area contributed by atoms with Crippen LogP contribution in [-0.2, 0) is 4.79 Å². The molecule has 2 aliphatic carbocycles. The molecule has 2 nitrogen and oxygen atoms in total. The second kappa shape index (κ2) is 3.32. The SMILES string of the molecule is CC(=O)NCC1CC12CCCCC2. The molecule has 74 valence electrons. The van der Waals surface area contributed by atoms with Crippen molar-refractivity contribution in [2.75, 3.05) is 6.54 Å². The standard InChI is InChI=1S/C11H19NO/c1-9(13)12-8-10-7-11(10)5-3-2-4-6-11/h10H,2-8H2,1H3,(H,12,13). The van der Waals surface area contributed by atoms with Gasteiger partial charge in [-0.3, -0.25) is 4.79 Å². The fourth-order valence-corrected chi connectivity index (χ4v) is 2.86. The molecule has 1 unspecified atom stereocenters. The Morgan fingerprint density at radius 2 is 2.08 bits per heavy atom. The van der Waals surface area contributed by atoms with Crippen LogP contribution in [0, 0.1) is 11.3 Å². The zero-order valence-corrected chi connectivity index (χ0v) is 8.44. The zero-order valence-electron chi connectivity index (χ0n) is 8.44. The molecule has 2 fully saturated rings. The molecular formula is C11H19NO. The van der Waals surface area contributed by atoms with Gasteiger partial charge in [0, 0.05) is 13.5 Å². The summed E-state index contributed by atoms with van der Waals surface area (Å²) in [4.78, 5) is 10.7. The molecule has 1 spiro atoms. The van der Waals surface area contributed by atoms with Gasteiger partial charge in [-0.25, -0.2) is 0 Å². The third-order valence-electron chi connectivity index (χ3n) is 3.81. The first-order valence-corrected chi connectivity index (χ1v) is 5.47. The average Bonchev–Trinajstić information content (AvgIpc) is 2.77. The topological polar surface area (TPSA) is 29.1 Å². The van der Waals surface area contributed by atoms with E-state index in [1.807, 2.05) is 0 Å². The van der Waals surface area contributed by atoms with Crippen LogP contribution in [0.4, 0.5) is 0 Å². The molecule has 2 heteroatoms. The van der Waals surface area contributed by atoms with E-state index in [-0.39, 0.29) is 5.91 Å². The van der Waals surface area contributed by atoms with Gasteiger partial charge in [-0.2, -0.15) is 0 Å². The van der Waals surface area contributed by atoms with Crippen molar-refractivity contribution >= 4 is 5.91 Å². The third kappa shape index (κ3) is 1.87. The molecule has 1 amide bonds. The lowest BCUT2D eigenvalue weighted by Gasteiger charge is -2.22. The van der Waals surface area contributed by atoms with Crippen LogP contribution in [-0.4, -0.2) is 12.5 Å². The Labute approximate surface area is 80.1 Å². The molecule has 1 atom stereocenters. The number of rotatable bonds is 2. The monoisotopic (exact) mass is 181 g/mol. The van der Waals surface area contributed by atoms with Crippen molar-refractivity contribution in [3.63, 3.8) is 0 Å². The number of hydrogen-bond donors (Lipinski definition) is 1. The van der Waals surface area contributed by atoms with Gasteiger partial charge in [0.25, 0.3) is 0 Å². The van der Waals surface area contributed by atoms with Crippen LogP contribution in [0.5, 0.6) is 0 Å². The van der Waals surface area contributed by atoms with Crippen molar-refractivity contribution in [2.45, 2.75) is 45.4 Å². The van der Waals surface area contributed by atoms with Crippen molar-refractivity contribution in [3.8, 4) is 0 Å². The van der Waals surface area contributed by atoms with Gasteiger partial charge in [0.15, 0.2) is 0 Å². The summed E-state index contributed by atoms with van der Waals surface area (Å²) >= 11 is 0. The summed E-state index contributed by atoms with van der Waals surface area (Å²) in [6.07, 6.45) is 8.45. The molecular weight excluding hydrogens is 162 g/mol. The highest BCUT2D eigenvalue weighted by molar-refractivity contribution is 5.72. The van der Waals surface area contributed by atoms with Crippen LogP contribution >= 0.6 is 0 Å². The number of hydrogen-bond acceptors (Lipinski definition) is 1. The van der Waals surface area contributed by atoms with E-state index in [0.717, 1.165) is 12.5 Å². The summed E-state index contributed by atoms with van der Waals surface area (Å²) < 4.78 is 0. The van der Waals surface area contributed by atoms with E-state index in [0.29, 0.717) is 5.41 Å². The van der Waals surface area contributed by atoms with E-state index in [9.17, 15) is 4.79 Å². The van der Waals surface area contributed by atoms with Crippen LogP contribution in [0.3, 0.4) is 0 Å². The molecule has 0 radical (unpaired) electrons. The summed E-state index contributed by atoms with van der Waals surface area (Å²) in [5.41, 5.74) is 0.667. The molecule has 0 aromatic rings. The lowest BCUT2D eigenvalue weighted by Crippen LogP contribution is -2.25. The second-order valence-electron chi connectivity index (χ2n) is 4.76. The molecule has 2 aliphatic rings. The number of amides is 1. The van der Waals surface area contributed by atoms with E-state index < -0.39 is 0 Å². The van der Waals surface area contributed by atoms with Gasteiger partial charge in [-0.15, -0.1) is 0 Å². The van der Waals surface area contributed by atoms with Crippen molar-refractivity contribution in [2.24, 2.45) is 11.3 Å². The minimum Gasteiger partial charge on any atom is -0.356 e. The highest BCUT2D eigenvalue weighted by Crippen LogP contribution is 2.60. The summed E-state index contributed by atoms with van der Waals surface area (Å²) in [7, 11) is 0. The Morgan fingerprint density at radius 3 is 2.69 bits per heavy atom. The third-order valence-corrected chi connectivity index (χ3v) is 3.81. The van der Waals surface area contributed by atoms with Crippen LogP contribution in [0.15, 0.2) is 0 Å². The Balaban J connectivity index is 1.76. The highest BCUT2D eigenvalue weighted by atomic mass is 16.1. The predicted octanol–water partition coefficient (Wildman–Crippen LogP) is 2.09. The lowest BCUT2D eigenvalue weighted by molar-refractivity contribution is -0.119. The van der Waals surface area contributed by atoms with Gasteiger partial charge in [-0.05, 0) is 30.6 Å². The van der Waals surface area contributed by atoms with E-state index in [1.54, 1.807) is 6.92 Å². The van der Waals surface area contributed by atoms with Crippen molar-refractivity contribution in [1.29, 1.82) is 0 Å². The molecule has 0 aliphatic heterocycles. The van der Waals surface area contributed by atoms with E-state index in [4.69, 9.17) is 0 Å². The molecule has 0 heterocycles. The highest BCUT2D eigenvalue weighted by Gasteiger charge is 2.53. The Hall–Kier alpha value is -0.530. The largest absolute Gasteiger partial charge is 0.356 e. The van der Waals surface area contributed by atoms with E-state index >= 15 is 0 Å². The number of carbonyl (C=O) groups excluding carboxylic acids is 1. The van der Waals surface area contributed by atoms with Gasteiger partial charge in [0.05, 0.1) is 0 Å². The first-order chi connectivity index (χ1) is 6.23. The fraction of sp³-hybridized carbons (Fsp3) is 0.909. The minimum atomic E-state index is 0.123. The van der Waals surface area contributed by atoms with Crippen LogP contribution in [0.1, 0.15) is 45.4 Å². The first kappa shape index (κ1) is 9.04. The maximum atomic E-state index is 10.7. The Kier molecular flexibility index (Phi) is 2.31. The maximum absolute atomic E-state index is 10.7. The minimum absolute atomic E-state index is 0.123. The van der Waals surface area contributed by atoms with E-state index in [1.165, 1.54) is 38.5 Å². The zero-order chi connectivity index (χ0) is 9.31. The second-order valence-corrected chi connectivity index (χ2v) is 4.76. The van der Waals surface area contributed by atoms with Gasteiger partial charge in [0.2, 0.25) is 5.91 Å². The fourth-order valence-electron chi connectivity index (χ4n) is 2.86. The number of nitrogens with one attached hydrogen (secondary N) is 1. The quantitative estimate of drug-likeness (QED) is 0.694. The van der Waals surface area contributed by atoms with Gasteiger partial charge < -0.3 is 5.32 Å². The van der Waals surface area contributed by atoms with Crippen molar-refractivity contribution in [1.82, 2.24) is 5.32 Å². The van der Waals surface area contributed by atoms with E-state index in [2.05, 4.69) is 5.32 Å². The molecule has 2 saturated carbocycles.